The van der Waals surface area contributed by atoms with Crippen LogP contribution < -0.4 is 11.1 Å². The van der Waals surface area contributed by atoms with E-state index in [2.05, 4.69) is 10.3 Å². The van der Waals surface area contributed by atoms with E-state index in [4.69, 9.17) is 5.73 Å². The van der Waals surface area contributed by atoms with E-state index in [0.29, 0.717) is 11.9 Å². The zero-order valence-electron chi connectivity index (χ0n) is 8.11. The zero-order valence-corrected chi connectivity index (χ0v) is 8.11. The van der Waals surface area contributed by atoms with Crippen molar-refractivity contribution >= 4 is 11.5 Å². The highest BCUT2D eigenvalue weighted by atomic mass is 15.0. The van der Waals surface area contributed by atoms with E-state index in [1.54, 1.807) is 6.20 Å². The molecule has 0 bridgehead atoms. The predicted octanol–water partition coefficient (Wildman–Crippen LogP) is 1.87. The Morgan fingerprint density at radius 3 is 2.79 bits per heavy atom. The highest BCUT2D eigenvalue weighted by molar-refractivity contribution is 5.61. The average molecular weight is 189 g/mol. The van der Waals surface area contributed by atoms with Crippen LogP contribution in [0.25, 0.3) is 0 Å². The number of hydrogen-bond donors (Lipinski definition) is 2. The fourth-order valence-electron chi connectivity index (χ4n) is 2.59. The summed E-state index contributed by atoms with van der Waals surface area (Å²) in [5.41, 5.74) is 6.77. The third-order valence-electron chi connectivity index (χ3n) is 3.44. The molecule has 3 N–H and O–H groups in total. The summed E-state index contributed by atoms with van der Waals surface area (Å²) in [6.07, 6.45) is 5.82. The number of nitrogens with one attached hydrogen (secondary N) is 1. The quantitative estimate of drug-likeness (QED) is 0.746. The molecule has 2 saturated carbocycles. The maximum atomic E-state index is 5.77. The smallest absolute Gasteiger partial charge is 0.146 e. The van der Waals surface area contributed by atoms with Crippen LogP contribution in [-0.4, -0.2) is 11.0 Å². The van der Waals surface area contributed by atoms with Crippen LogP contribution >= 0.6 is 0 Å². The molecular formula is C11H15N3. The molecule has 14 heavy (non-hydrogen) atoms. The van der Waals surface area contributed by atoms with Gasteiger partial charge in [-0.15, -0.1) is 0 Å². The van der Waals surface area contributed by atoms with Gasteiger partial charge in [-0.1, -0.05) is 0 Å². The molecule has 2 aliphatic carbocycles. The summed E-state index contributed by atoms with van der Waals surface area (Å²) < 4.78 is 0. The van der Waals surface area contributed by atoms with Gasteiger partial charge in [0.2, 0.25) is 0 Å². The van der Waals surface area contributed by atoms with E-state index in [-0.39, 0.29) is 0 Å². The molecule has 2 atom stereocenters. The first-order valence-corrected chi connectivity index (χ1v) is 5.30. The molecule has 0 radical (unpaired) electrons. The van der Waals surface area contributed by atoms with E-state index in [0.717, 1.165) is 17.5 Å². The van der Waals surface area contributed by atoms with Crippen LogP contribution in [0.5, 0.6) is 0 Å². The van der Waals surface area contributed by atoms with Gasteiger partial charge < -0.3 is 11.1 Å². The normalized spacial score (nSPS) is 33.9. The first kappa shape index (κ1) is 8.09. The largest absolute Gasteiger partial charge is 0.382 e. The summed E-state index contributed by atoms with van der Waals surface area (Å²) >= 11 is 0. The Bertz CT molecular complexity index is 340. The van der Waals surface area contributed by atoms with Gasteiger partial charge in [0.05, 0.1) is 5.69 Å². The third-order valence-corrected chi connectivity index (χ3v) is 3.44. The standard InChI is InChI=1S/C11H15N3/c12-11-10(2-1-3-13-11)14-9-5-7-4-8(7)6-9/h1-3,7-9,14H,4-6H2,(H2,12,13). The maximum absolute atomic E-state index is 5.77. The molecule has 3 nitrogen and oxygen atoms in total. The lowest BCUT2D eigenvalue weighted by Crippen LogP contribution is -2.18. The number of rotatable bonds is 2. The zero-order chi connectivity index (χ0) is 9.54. The third kappa shape index (κ3) is 1.33. The van der Waals surface area contributed by atoms with Crippen LogP contribution in [0.1, 0.15) is 19.3 Å². The number of anilines is 2. The molecule has 0 aliphatic heterocycles. The summed E-state index contributed by atoms with van der Waals surface area (Å²) in [6.45, 7) is 0. The van der Waals surface area contributed by atoms with E-state index < -0.39 is 0 Å². The molecule has 1 aromatic heterocycles. The molecule has 2 aliphatic rings. The Morgan fingerprint density at radius 1 is 1.29 bits per heavy atom. The number of aromatic nitrogens is 1. The minimum absolute atomic E-state index is 0.619. The highest BCUT2D eigenvalue weighted by Crippen LogP contribution is 2.52. The Kier molecular flexibility index (Phi) is 1.66. The van der Waals surface area contributed by atoms with Crippen LogP contribution in [0.3, 0.4) is 0 Å². The lowest BCUT2D eigenvalue weighted by Gasteiger charge is -2.16. The Morgan fingerprint density at radius 2 is 2.07 bits per heavy atom. The van der Waals surface area contributed by atoms with Crippen molar-refractivity contribution < 1.29 is 0 Å². The molecule has 1 heterocycles. The van der Waals surface area contributed by atoms with Gasteiger partial charge in [0, 0.05) is 12.2 Å². The van der Waals surface area contributed by atoms with Gasteiger partial charge in [0.1, 0.15) is 5.82 Å². The number of fused-ring (bicyclic) bond motifs is 1. The molecule has 2 fully saturated rings. The van der Waals surface area contributed by atoms with Gasteiger partial charge in [-0.25, -0.2) is 4.98 Å². The van der Waals surface area contributed by atoms with E-state index in [1.807, 2.05) is 12.1 Å². The summed E-state index contributed by atoms with van der Waals surface area (Å²) in [4.78, 5) is 4.07. The number of nitrogens with zero attached hydrogens (tertiary/aromatic N) is 1. The second-order valence-electron chi connectivity index (χ2n) is 4.50. The fourth-order valence-corrected chi connectivity index (χ4v) is 2.59. The molecule has 2 unspecified atom stereocenters. The Labute approximate surface area is 83.7 Å². The molecule has 3 rings (SSSR count). The summed E-state index contributed by atoms with van der Waals surface area (Å²) in [5, 5.41) is 3.48. The molecule has 0 amide bonds. The lowest BCUT2D eigenvalue weighted by molar-refractivity contribution is 0.651. The van der Waals surface area contributed by atoms with Crippen molar-refractivity contribution in [2.24, 2.45) is 11.8 Å². The lowest BCUT2D eigenvalue weighted by atomic mass is 10.1. The van der Waals surface area contributed by atoms with Crippen LogP contribution in [0.4, 0.5) is 11.5 Å². The minimum atomic E-state index is 0.619. The Hall–Kier alpha value is -1.25. The minimum Gasteiger partial charge on any atom is -0.382 e. The molecular weight excluding hydrogens is 174 g/mol. The van der Waals surface area contributed by atoms with E-state index in [1.165, 1.54) is 19.3 Å². The predicted molar refractivity (Wildman–Crippen MR) is 56.9 cm³/mol. The van der Waals surface area contributed by atoms with Gasteiger partial charge >= 0.3 is 0 Å². The topological polar surface area (TPSA) is 50.9 Å². The second-order valence-corrected chi connectivity index (χ2v) is 4.50. The van der Waals surface area contributed by atoms with Gasteiger partial charge in [-0.2, -0.15) is 0 Å². The van der Waals surface area contributed by atoms with Gasteiger partial charge in [0.25, 0.3) is 0 Å². The molecule has 0 aromatic carbocycles. The monoisotopic (exact) mass is 189 g/mol. The van der Waals surface area contributed by atoms with Crippen molar-refractivity contribution in [2.75, 3.05) is 11.1 Å². The van der Waals surface area contributed by atoms with Crippen LogP contribution in [0.2, 0.25) is 0 Å². The van der Waals surface area contributed by atoms with Gasteiger partial charge in [-0.05, 0) is 43.2 Å². The molecule has 1 aromatic rings. The van der Waals surface area contributed by atoms with Crippen molar-refractivity contribution in [2.45, 2.75) is 25.3 Å². The number of hydrogen-bond acceptors (Lipinski definition) is 3. The highest BCUT2D eigenvalue weighted by Gasteiger charge is 2.45. The first-order chi connectivity index (χ1) is 6.83. The maximum Gasteiger partial charge on any atom is 0.146 e. The second kappa shape index (κ2) is 2.87. The van der Waals surface area contributed by atoms with Gasteiger partial charge in [-0.3, -0.25) is 0 Å². The number of nitrogens with two attached hydrogens (primary N) is 1. The SMILES string of the molecule is Nc1ncccc1NC1CC2CC2C1. The van der Waals surface area contributed by atoms with Crippen LogP contribution in [0, 0.1) is 11.8 Å². The Balaban J connectivity index is 1.69. The first-order valence-electron chi connectivity index (χ1n) is 5.30. The van der Waals surface area contributed by atoms with Crippen molar-refractivity contribution in [1.29, 1.82) is 0 Å². The summed E-state index contributed by atoms with van der Waals surface area (Å²) in [6, 6.07) is 4.56. The molecule has 3 heteroatoms. The summed E-state index contributed by atoms with van der Waals surface area (Å²) in [7, 11) is 0. The molecule has 0 spiro atoms. The van der Waals surface area contributed by atoms with Crippen LogP contribution in [0.15, 0.2) is 18.3 Å². The van der Waals surface area contributed by atoms with Crippen molar-refractivity contribution in [3.63, 3.8) is 0 Å². The van der Waals surface area contributed by atoms with Crippen molar-refractivity contribution in [3.8, 4) is 0 Å². The van der Waals surface area contributed by atoms with Crippen molar-refractivity contribution in [1.82, 2.24) is 4.98 Å². The number of pyridine rings is 1. The molecule has 74 valence electrons. The average Bonchev–Trinajstić information content (AvgIpc) is 2.79. The van der Waals surface area contributed by atoms with Crippen molar-refractivity contribution in [3.05, 3.63) is 18.3 Å². The van der Waals surface area contributed by atoms with Crippen LogP contribution in [-0.2, 0) is 0 Å². The number of nitrogen functional groups attached to an aromatic ring is 1. The van der Waals surface area contributed by atoms with Gasteiger partial charge in [0.15, 0.2) is 0 Å². The van der Waals surface area contributed by atoms with E-state index in [9.17, 15) is 0 Å². The fraction of sp³-hybridized carbons (Fsp3) is 0.545. The summed E-state index contributed by atoms with van der Waals surface area (Å²) in [5.74, 6) is 2.63. The van der Waals surface area contributed by atoms with E-state index >= 15 is 0 Å². The molecule has 0 saturated heterocycles.